The van der Waals surface area contributed by atoms with E-state index in [9.17, 15) is 8.42 Å². The number of hydrogen-bond donors (Lipinski definition) is 2. The third kappa shape index (κ3) is 8.43. The van der Waals surface area contributed by atoms with Gasteiger partial charge < -0.3 is 15.4 Å². The van der Waals surface area contributed by atoms with Crippen LogP contribution in [0.3, 0.4) is 0 Å². The van der Waals surface area contributed by atoms with Crippen LogP contribution in [-0.2, 0) is 16.3 Å². The summed E-state index contributed by atoms with van der Waals surface area (Å²) in [5.41, 5.74) is 0.905. The largest absolute Gasteiger partial charge is 0.491 e. The van der Waals surface area contributed by atoms with E-state index in [1.807, 2.05) is 38.1 Å². The van der Waals surface area contributed by atoms with Crippen LogP contribution in [0.15, 0.2) is 46.8 Å². The van der Waals surface area contributed by atoms with Crippen LogP contribution in [0, 0.1) is 5.92 Å². The van der Waals surface area contributed by atoms with Gasteiger partial charge in [-0.05, 0) is 68.3 Å². The molecule has 1 aromatic carbocycles. The Morgan fingerprint density at radius 3 is 2.63 bits per heavy atom. The minimum absolute atomic E-state index is 0. The molecule has 0 aliphatic carbocycles. The summed E-state index contributed by atoms with van der Waals surface area (Å²) in [6.45, 7) is 5.25. The first-order valence-corrected chi connectivity index (χ1v) is 12.6. The van der Waals surface area contributed by atoms with Crippen LogP contribution < -0.4 is 15.4 Å². The lowest BCUT2D eigenvalue weighted by atomic mass is 10.1. The molecule has 6 nitrogen and oxygen atoms in total. The maximum Gasteiger partial charge on any atom is 0.195 e. The first-order valence-electron chi connectivity index (χ1n) is 9.94. The molecule has 30 heavy (non-hydrogen) atoms. The monoisotopic (exact) mass is 563 g/mol. The first kappa shape index (κ1) is 24.9. The number of guanidine groups is 1. The number of hydrogen-bond acceptors (Lipinski definition) is 5. The third-order valence-corrected chi connectivity index (χ3v) is 7.34. The topological polar surface area (TPSA) is 79.8 Å². The van der Waals surface area contributed by atoms with Crippen LogP contribution in [0.25, 0.3) is 0 Å². The van der Waals surface area contributed by atoms with Gasteiger partial charge in [-0.3, -0.25) is 4.99 Å². The average molecular weight is 564 g/mol. The maximum absolute atomic E-state index is 11.7. The van der Waals surface area contributed by atoms with E-state index in [4.69, 9.17) is 4.74 Å². The van der Waals surface area contributed by atoms with Crippen molar-refractivity contribution in [2.24, 2.45) is 10.9 Å². The summed E-state index contributed by atoms with van der Waals surface area (Å²) in [4.78, 5) is 5.97. The number of ether oxygens (including phenoxy) is 1. The molecule has 0 radical (unpaired) electrons. The van der Waals surface area contributed by atoms with Crippen LogP contribution in [0.5, 0.6) is 5.75 Å². The molecule has 1 aromatic heterocycles. The Balaban J connectivity index is 0.00000320. The summed E-state index contributed by atoms with van der Waals surface area (Å²) in [6, 6.07) is 11.9. The lowest BCUT2D eigenvalue weighted by Gasteiger charge is -2.15. The van der Waals surface area contributed by atoms with Crippen molar-refractivity contribution in [2.75, 3.05) is 29.9 Å². The molecule has 1 saturated heterocycles. The highest BCUT2D eigenvalue weighted by molar-refractivity contribution is 14.0. The van der Waals surface area contributed by atoms with Gasteiger partial charge in [-0.1, -0.05) is 6.07 Å². The second kappa shape index (κ2) is 11.9. The van der Waals surface area contributed by atoms with Crippen molar-refractivity contribution in [1.82, 2.24) is 5.32 Å². The molecule has 9 heteroatoms. The van der Waals surface area contributed by atoms with Crippen LogP contribution in [0.4, 0.5) is 5.69 Å². The molecule has 166 valence electrons. The van der Waals surface area contributed by atoms with E-state index in [1.165, 1.54) is 4.88 Å². The van der Waals surface area contributed by atoms with E-state index in [0.717, 1.165) is 24.4 Å². The molecule has 1 aliphatic rings. The second-order valence-corrected chi connectivity index (χ2v) is 10.8. The minimum Gasteiger partial charge on any atom is -0.491 e. The van der Waals surface area contributed by atoms with Gasteiger partial charge >= 0.3 is 0 Å². The number of sulfone groups is 1. The Morgan fingerprint density at radius 2 is 2.03 bits per heavy atom. The van der Waals surface area contributed by atoms with Crippen molar-refractivity contribution in [2.45, 2.75) is 32.8 Å². The number of thiophene rings is 1. The first-order chi connectivity index (χ1) is 13.9. The fourth-order valence-corrected chi connectivity index (χ4v) is 5.72. The third-order valence-electron chi connectivity index (χ3n) is 4.57. The van der Waals surface area contributed by atoms with Crippen LogP contribution in [-0.4, -0.2) is 45.1 Å². The summed E-state index contributed by atoms with van der Waals surface area (Å²) in [7, 11) is -2.89. The van der Waals surface area contributed by atoms with Crippen molar-refractivity contribution >= 4 is 56.8 Å². The van der Waals surface area contributed by atoms with Crippen LogP contribution >= 0.6 is 35.3 Å². The zero-order valence-electron chi connectivity index (χ0n) is 17.3. The van der Waals surface area contributed by atoms with Gasteiger partial charge in [-0.25, -0.2) is 8.42 Å². The second-order valence-electron chi connectivity index (χ2n) is 7.53. The quantitative estimate of drug-likeness (QED) is 0.286. The van der Waals surface area contributed by atoms with Gasteiger partial charge in [0, 0.05) is 23.7 Å². The van der Waals surface area contributed by atoms with Crippen LogP contribution in [0.1, 0.15) is 25.1 Å². The van der Waals surface area contributed by atoms with Crippen molar-refractivity contribution in [3.63, 3.8) is 0 Å². The zero-order chi connectivity index (χ0) is 20.7. The molecule has 1 unspecified atom stereocenters. The summed E-state index contributed by atoms with van der Waals surface area (Å²) in [5.74, 6) is 2.10. The van der Waals surface area contributed by atoms with Gasteiger partial charge in [0.15, 0.2) is 15.8 Å². The lowest BCUT2D eigenvalue weighted by molar-refractivity contribution is 0.242. The van der Waals surface area contributed by atoms with Gasteiger partial charge in [-0.15, -0.1) is 35.3 Å². The fraction of sp³-hybridized carbons (Fsp3) is 0.476. The summed E-state index contributed by atoms with van der Waals surface area (Å²) >= 11 is 1.74. The molecule has 0 spiro atoms. The molecule has 2 N–H and O–H groups in total. The highest BCUT2D eigenvalue weighted by atomic mass is 127. The molecule has 1 aliphatic heterocycles. The van der Waals surface area contributed by atoms with Crippen molar-refractivity contribution in [3.05, 3.63) is 46.7 Å². The van der Waals surface area contributed by atoms with Gasteiger partial charge in [-0.2, -0.15) is 0 Å². The fourth-order valence-electron chi connectivity index (χ4n) is 3.16. The van der Waals surface area contributed by atoms with Crippen molar-refractivity contribution < 1.29 is 13.2 Å². The summed E-state index contributed by atoms with van der Waals surface area (Å²) in [6.07, 6.45) is 1.74. The molecular weight excluding hydrogens is 533 g/mol. The Morgan fingerprint density at radius 1 is 1.27 bits per heavy atom. The van der Waals surface area contributed by atoms with E-state index in [2.05, 4.69) is 33.1 Å². The van der Waals surface area contributed by atoms with E-state index >= 15 is 0 Å². The Labute approximate surface area is 200 Å². The Bertz CT molecular complexity index is 898. The number of anilines is 1. The lowest BCUT2D eigenvalue weighted by Crippen LogP contribution is -2.33. The van der Waals surface area contributed by atoms with Gasteiger partial charge in [0.05, 0.1) is 17.6 Å². The molecular formula is C21H30IN3O3S2. The van der Waals surface area contributed by atoms with Gasteiger partial charge in [0.2, 0.25) is 0 Å². The SMILES string of the molecule is CC(C)Oc1ccc(NC(=NCC2CCS(=O)(=O)C2)NCCc2cccs2)cc1.I. The van der Waals surface area contributed by atoms with Crippen molar-refractivity contribution in [1.29, 1.82) is 0 Å². The molecule has 0 saturated carbocycles. The standard InChI is InChI=1S/C21H29N3O3S2.HI/c1-16(2)27-19-7-5-18(6-8-19)24-21(22-11-9-20-4-3-12-28-20)23-14-17-10-13-29(25,26)15-17;/h3-8,12,16-17H,9-11,13-15H2,1-2H3,(H2,22,23,24);1H. The van der Waals surface area contributed by atoms with Crippen LogP contribution in [0.2, 0.25) is 0 Å². The van der Waals surface area contributed by atoms with Gasteiger partial charge in [0.25, 0.3) is 0 Å². The van der Waals surface area contributed by atoms with E-state index in [1.54, 1.807) is 11.3 Å². The number of rotatable bonds is 8. The highest BCUT2D eigenvalue weighted by Gasteiger charge is 2.27. The Kier molecular flexibility index (Phi) is 9.89. The molecule has 2 heterocycles. The Hall–Kier alpha value is -1.33. The number of halogens is 1. The van der Waals surface area contributed by atoms with Crippen molar-refractivity contribution in [3.8, 4) is 5.75 Å². The minimum atomic E-state index is -2.89. The number of nitrogens with zero attached hydrogens (tertiary/aromatic N) is 1. The number of benzene rings is 1. The van der Waals surface area contributed by atoms with E-state index < -0.39 is 9.84 Å². The zero-order valence-corrected chi connectivity index (χ0v) is 21.3. The van der Waals surface area contributed by atoms with E-state index in [-0.39, 0.29) is 47.5 Å². The predicted octanol–water partition coefficient (Wildman–Crippen LogP) is 4.19. The highest BCUT2D eigenvalue weighted by Crippen LogP contribution is 2.19. The van der Waals surface area contributed by atoms with E-state index in [0.29, 0.717) is 18.9 Å². The molecule has 1 fully saturated rings. The smallest absolute Gasteiger partial charge is 0.195 e. The summed E-state index contributed by atoms with van der Waals surface area (Å²) < 4.78 is 29.1. The molecule has 3 rings (SSSR count). The van der Waals surface area contributed by atoms with Gasteiger partial charge in [0.1, 0.15) is 5.75 Å². The molecule has 2 aromatic rings. The predicted molar refractivity (Wildman–Crippen MR) is 136 cm³/mol. The molecule has 0 amide bonds. The molecule has 0 bridgehead atoms. The normalized spacial score (nSPS) is 18.1. The maximum atomic E-state index is 11.7. The summed E-state index contributed by atoms with van der Waals surface area (Å²) in [5, 5.41) is 8.76. The number of nitrogens with one attached hydrogen (secondary N) is 2. The average Bonchev–Trinajstić information content (AvgIpc) is 3.30. The molecule has 1 atom stereocenters. The number of aliphatic imine (C=N–C) groups is 1.